The second-order valence-corrected chi connectivity index (χ2v) is 3.67. The third-order valence-electron chi connectivity index (χ3n) is 2.40. The molecule has 0 radical (unpaired) electrons. The predicted molar refractivity (Wildman–Crippen MR) is 70.9 cm³/mol. The summed E-state index contributed by atoms with van der Waals surface area (Å²) in [4.78, 5) is 6.35. The number of aliphatic imine (C=N–C) groups is 1. The molecule has 0 saturated carbocycles. The second kappa shape index (κ2) is 6.88. The van der Waals surface area contributed by atoms with Crippen molar-refractivity contribution < 1.29 is 0 Å². The molecular weight excluding hydrogens is 198 g/mol. The zero-order chi connectivity index (χ0) is 11.8. The summed E-state index contributed by atoms with van der Waals surface area (Å²) in [5.41, 5.74) is 7.09. The minimum atomic E-state index is 0.613. The molecule has 0 aromatic heterocycles. The SMILES string of the molecule is CCCCN(C(N)=NCC)c1ccccc1. The van der Waals surface area contributed by atoms with Crippen LogP contribution >= 0.6 is 0 Å². The number of nitrogens with zero attached hydrogens (tertiary/aromatic N) is 2. The van der Waals surface area contributed by atoms with Gasteiger partial charge < -0.3 is 10.6 Å². The molecule has 0 saturated heterocycles. The zero-order valence-corrected chi connectivity index (χ0v) is 10.2. The Hall–Kier alpha value is -1.51. The maximum atomic E-state index is 5.98. The van der Waals surface area contributed by atoms with Crippen molar-refractivity contribution in [2.45, 2.75) is 26.7 Å². The van der Waals surface area contributed by atoms with Crippen molar-refractivity contribution in [3.05, 3.63) is 30.3 Å². The van der Waals surface area contributed by atoms with Crippen molar-refractivity contribution >= 4 is 11.6 Å². The van der Waals surface area contributed by atoms with Gasteiger partial charge in [0.05, 0.1) is 0 Å². The standard InChI is InChI=1S/C13H21N3/c1-3-5-11-16(13(14)15-4-2)12-9-7-6-8-10-12/h6-10H,3-5,11H2,1-2H3,(H2,14,15). The number of anilines is 1. The normalized spacial score (nSPS) is 11.5. The molecule has 0 bridgehead atoms. The quantitative estimate of drug-likeness (QED) is 0.611. The van der Waals surface area contributed by atoms with E-state index in [-0.39, 0.29) is 0 Å². The molecule has 88 valence electrons. The van der Waals surface area contributed by atoms with E-state index in [9.17, 15) is 0 Å². The number of nitrogens with two attached hydrogens (primary N) is 1. The number of hydrogen-bond donors (Lipinski definition) is 1. The van der Waals surface area contributed by atoms with Gasteiger partial charge in [0, 0.05) is 18.8 Å². The maximum absolute atomic E-state index is 5.98. The number of rotatable bonds is 5. The summed E-state index contributed by atoms with van der Waals surface area (Å²) in [7, 11) is 0. The number of hydrogen-bond acceptors (Lipinski definition) is 1. The molecule has 3 nitrogen and oxygen atoms in total. The Morgan fingerprint density at radius 3 is 2.50 bits per heavy atom. The van der Waals surface area contributed by atoms with Gasteiger partial charge in [-0.25, -0.2) is 0 Å². The second-order valence-electron chi connectivity index (χ2n) is 3.67. The van der Waals surface area contributed by atoms with Crippen LogP contribution in [0.5, 0.6) is 0 Å². The van der Waals surface area contributed by atoms with E-state index in [0.717, 1.165) is 31.6 Å². The Kier molecular flexibility index (Phi) is 5.40. The molecular formula is C13H21N3. The van der Waals surface area contributed by atoms with Gasteiger partial charge in [-0.15, -0.1) is 0 Å². The van der Waals surface area contributed by atoms with Crippen molar-refractivity contribution in [1.82, 2.24) is 0 Å². The van der Waals surface area contributed by atoms with Crippen LogP contribution in [0.15, 0.2) is 35.3 Å². The van der Waals surface area contributed by atoms with E-state index in [1.165, 1.54) is 0 Å². The third kappa shape index (κ3) is 3.57. The highest BCUT2D eigenvalue weighted by Gasteiger charge is 2.08. The minimum absolute atomic E-state index is 0.613. The van der Waals surface area contributed by atoms with Crippen LogP contribution in [-0.4, -0.2) is 19.0 Å². The molecule has 2 N–H and O–H groups in total. The van der Waals surface area contributed by atoms with E-state index >= 15 is 0 Å². The molecule has 16 heavy (non-hydrogen) atoms. The number of benzene rings is 1. The molecule has 3 heteroatoms. The van der Waals surface area contributed by atoms with E-state index in [1.54, 1.807) is 0 Å². The monoisotopic (exact) mass is 219 g/mol. The molecule has 0 aliphatic rings. The van der Waals surface area contributed by atoms with Gasteiger partial charge in [0.2, 0.25) is 0 Å². The molecule has 0 unspecified atom stereocenters. The van der Waals surface area contributed by atoms with Crippen molar-refractivity contribution in [3.63, 3.8) is 0 Å². The predicted octanol–water partition coefficient (Wildman–Crippen LogP) is 2.63. The third-order valence-corrected chi connectivity index (χ3v) is 2.40. The van der Waals surface area contributed by atoms with Crippen molar-refractivity contribution in [2.24, 2.45) is 10.7 Å². The van der Waals surface area contributed by atoms with Crippen molar-refractivity contribution in [3.8, 4) is 0 Å². The van der Waals surface area contributed by atoms with Gasteiger partial charge in [0.1, 0.15) is 0 Å². The fraction of sp³-hybridized carbons (Fsp3) is 0.462. The first-order chi connectivity index (χ1) is 7.79. The van der Waals surface area contributed by atoms with E-state index in [1.807, 2.05) is 25.1 Å². The van der Waals surface area contributed by atoms with Crippen LogP contribution < -0.4 is 10.6 Å². The highest BCUT2D eigenvalue weighted by Crippen LogP contribution is 2.13. The van der Waals surface area contributed by atoms with Crippen LogP contribution in [0.4, 0.5) is 5.69 Å². The summed E-state index contributed by atoms with van der Waals surface area (Å²) in [6, 6.07) is 10.2. The Balaban J connectivity index is 2.83. The Morgan fingerprint density at radius 1 is 1.25 bits per heavy atom. The van der Waals surface area contributed by atoms with Crippen molar-refractivity contribution in [1.29, 1.82) is 0 Å². The lowest BCUT2D eigenvalue weighted by Crippen LogP contribution is -2.38. The largest absolute Gasteiger partial charge is 0.370 e. The molecule has 0 heterocycles. The van der Waals surface area contributed by atoms with Gasteiger partial charge in [0.25, 0.3) is 0 Å². The number of guanidine groups is 1. The lowest BCUT2D eigenvalue weighted by Gasteiger charge is -2.23. The van der Waals surface area contributed by atoms with E-state index in [2.05, 4.69) is 28.9 Å². The molecule has 0 aliphatic heterocycles. The average Bonchev–Trinajstić information content (AvgIpc) is 2.31. The Morgan fingerprint density at radius 2 is 1.94 bits per heavy atom. The molecule has 1 rings (SSSR count). The summed E-state index contributed by atoms with van der Waals surface area (Å²) in [5.74, 6) is 0.613. The van der Waals surface area contributed by atoms with Gasteiger partial charge in [-0.3, -0.25) is 4.99 Å². The topological polar surface area (TPSA) is 41.6 Å². The van der Waals surface area contributed by atoms with Crippen LogP contribution in [0.1, 0.15) is 26.7 Å². The van der Waals surface area contributed by atoms with E-state index < -0.39 is 0 Å². The van der Waals surface area contributed by atoms with Gasteiger partial charge >= 0.3 is 0 Å². The fourth-order valence-electron chi connectivity index (χ4n) is 1.55. The van der Waals surface area contributed by atoms with Gasteiger partial charge in [-0.2, -0.15) is 0 Å². The minimum Gasteiger partial charge on any atom is -0.370 e. The van der Waals surface area contributed by atoms with Crippen LogP contribution in [0.25, 0.3) is 0 Å². The van der Waals surface area contributed by atoms with E-state index in [0.29, 0.717) is 5.96 Å². The van der Waals surface area contributed by atoms with Crippen molar-refractivity contribution in [2.75, 3.05) is 18.0 Å². The first-order valence-electron chi connectivity index (χ1n) is 5.92. The first-order valence-corrected chi connectivity index (χ1v) is 5.92. The number of unbranched alkanes of at least 4 members (excludes halogenated alkanes) is 1. The highest BCUT2D eigenvalue weighted by molar-refractivity contribution is 5.94. The lowest BCUT2D eigenvalue weighted by atomic mass is 10.2. The van der Waals surface area contributed by atoms with E-state index in [4.69, 9.17) is 5.73 Å². The summed E-state index contributed by atoms with van der Waals surface area (Å²) >= 11 is 0. The molecule has 0 spiro atoms. The zero-order valence-electron chi connectivity index (χ0n) is 10.2. The summed E-state index contributed by atoms with van der Waals surface area (Å²) in [6.07, 6.45) is 2.28. The molecule has 0 aliphatic carbocycles. The summed E-state index contributed by atoms with van der Waals surface area (Å²) in [6.45, 7) is 5.82. The van der Waals surface area contributed by atoms with Gasteiger partial charge in [-0.05, 0) is 25.5 Å². The molecule has 0 amide bonds. The van der Waals surface area contributed by atoms with Crippen LogP contribution in [-0.2, 0) is 0 Å². The molecule has 1 aromatic carbocycles. The van der Waals surface area contributed by atoms with Crippen LogP contribution in [0.3, 0.4) is 0 Å². The van der Waals surface area contributed by atoms with Crippen LogP contribution in [0, 0.1) is 0 Å². The van der Waals surface area contributed by atoms with Gasteiger partial charge in [0.15, 0.2) is 5.96 Å². The lowest BCUT2D eigenvalue weighted by molar-refractivity contribution is 0.790. The Bertz CT molecular complexity index is 319. The first kappa shape index (κ1) is 12.6. The highest BCUT2D eigenvalue weighted by atomic mass is 15.3. The molecule has 0 atom stereocenters. The number of para-hydroxylation sites is 1. The maximum Gasteiger partial charge on any atom is 0.195 e. The fourth-order valence-corrected chi connectivity index (χ4v) is 1.55. The summed E-state index contributed by atoms with van der Waals surface area (Å²) in [5, 5.41) is 0. The van der Waals surface area contributed by atoms with Crippen LogP contribution in [0.2, 0.25) is 0 Å². The smallest absolute Gasteiger partial charge is 0.195 e. The average molecular weight is 219 g/mol. The summed E-state index contributed by atoms with van der Waals surface area (Å²) < 4.78 is 0. The van der Waals surface area contributed by atoms with Gasteiger partial charge in [-0.1, -0.05) is 31.5 Å². The molecule has 1 aromatic rings. The Labute approximate surface area is 98.0 Å². The molecule has 0 fully saturated rings.